The highest BCUT2D eigenvalue weighted by molar-refractivity contribution is 9.10. The Labute approximate surface area is 119 Å². The number of Topliss-reactive ketones (excluding diaryl/α,β-unsaturated/α-hetero) is 1. The number of ketones is 1. The number of ether oxygens (including phenoxy) is 1. The lowest BCUT2D eigenvalue weighted by molar-refractivity contribution is 0.0988. The van der Waals surface area contributed by atoms with Gasteiger partial charge in [-0.1, -0.05) is 6.92 Å². The summed E-state index contributed by atoms with van der Waals surface area (Å²) in [5.74, 6) is 0.941. The molecule has 1 heterocycles. The van der Waals surface area contributed by atoms with Crippen LogP contribution in [-0.4, -0.2) is 5.78 Å². The van der Waals surface area contributed by atoms with E-state index in [9.17, 15) is 4.79 Å². The second-order valence-corrected chi connectivity index (χ2v) is 5.73. The highest BCUT2D eigenvalue weighted by Crippen LogP contribution is 2.22. The molecule has 0 saturated carbocycles. The van der Waals surface area contributed by atoms with Gasteiger partial charge in [-0.3, -0.25) is 4.79 Å². The van der Waals surface area contributed by atoms with Crippen molar-refractivity contribution >= 4 is 33.0 Å². The van der Waals surface area contributed by atoms with E-state index in [-0.39, 0.29) is 5.78 Å². The lowest BCUT2D eigenvalue weighted by Crippen LogP contribution is -1.97. The fourth-order valence-corrected chi connectivity index (χ4v) is 2.89. The van der Waals surface area contributed by atoms with Crippen molar-refractivity contribution in [3.8, 4) is 5.75 Å². The Kier molecular flexibility index (Phi) is 4.55. The van der Waals surface area contributed by atoms with E-state index in [4.69, 9.17) is 4.74 Å². The van der Waals surface area contributed by atoms with Crippen molar-refractivity contribution in [2.75, 3.05) is 0 Å². The van der Waals surface area contributed by atoms with Gasteiger partial charge >= 0.3 is 0 Å². The number of benzene rings is 1. The molecule has 0 aliphatic carbocycles. The van der Waals surface area contributed by atoms with E-state index >= 15 is 0 Å². The highest BCUT2D eigenvalue weighted by Gasteiger charge is 2.03. The third-order valence-corrected chi connectivity index (χ3v) is 4.17. The third kappa shape index (κ3) is 3.43. The molecular weight excluding hydrogens is 312 g/mol. The Morgan fingerprint density at radius 2 is 2.06 bits per heavy atom. The van der Waals surface area contributed by atoms with E-state index in [1.54, 1.807) is 11.3 Å². The van der Waals surface area contributed by atoms with Crippen molar-refractivity contribution in [1.82, 2.24) is 0 Å². The molecule has 0 fully saturated rings. The monoisotopic (exact) mass is 324 g/mol. The molecule has 4 heteroatoms. The average molecular weight is 325 g/mol. The second kappa shape index (κ2) is 6.16. The molecule has 1 aromatic heterocycles. The van der Waals surface area contributed by atoms with Crippen LogP contribution in [0.4, 0.5) is 0 Å². The third-order valence-electron chi connectivity index (χ3n) is 2.50. The van der Waals surface area contributed by atoms with Gasteiger partial charge < -0.3 is 4.74 Å². The van der Waals surface area contributed by atoms with Crippen LogP contribution in [0.5, 0.6) is 5.75 Å². The summed E-state index contributed by atoms with van der Waals surface area (Å²) in [4.78, 5) is 12.6. The van der Waals surface area contributed by atoms with Gasteiger partial charge in [0.25, 0.3) is 0 Å². The molecule has 18 heavy (non-hydrogen) atoms. The minimum atomic E-state index is 0.156. The zero-order valence-corrected chi connectivity index (χ0v) is 12.4. The van der Waals surface area contributed by atoms with Crippen molar-refractivity contribution in [1.29, 1.82) is 0 Å². The van der Waals surface area contributed by atoms with E-state index in [0.717, 1.165) is 20.7 Å². The quantitative estimate of drug-likeness (QED) is 0.746. The van der Waals surface area contributed by atoms with Crippen molar-refractivity contribution in [3.05, 3.63) is 50.6 Å². The summed E-state index contributed by atoms with van der Waals surface area (Å²) >= 11 is 5.06. The maximum Gasteiger partial charge on any atom is 0.162 e. The minimum Gasteiger partial charge on any atom is -0.488 e. The van der Waals surface area contributed by atoms with Crippen LogP contribution in [0.1, 0.15) is 28.6 Å². The molecule has 0 amide bonds. The summed E-state index contributed by atoms with van der Waals surface area (Å²) in [6.45, 7) is 2.42. The number of hydrogen-bond acceptors (Lipinski definition) is 3. The Hall–Kier alpha value is -1.13. The van der Waals surface area contributed by atoms with E-state index in [1.165, 1.54) is 0 Å². The van der Waals surface area contributed by atoms with Gasteiger partial charge in [0.15, 0.2) is 5.78 Å². The average Bonchev–Trinajstić information content (AvgIpc) is 2.82. The minimum absolute atomic E-state index is 0.156. The number of carbonyl (C=O) groups excluding carboxylic acids is 1. The molecule has 2 nitrogen and oxygen atoms in total. The molecule has 2 aromatic rings. The summed E-state index contributed by atoms with van der Waals surface area (Å²) in [6.07, 6.45) is 0.531. The van der Waals surface area contributed by atoms with Crippen LogP contribution in [0.2, 0.25) is 0 Å². The zero-order chi connectivity index (χ0) is 13.0. The Morgan fingerprint density at radius 1 is 1.33 bits per heavy atom. The van der Waals surface area contributed by atoms with Crippen LogP contribution in [-0.2, 0) is 6.61 Å². The fraction of sp³-hybridized carbons (Fsp3) is 0.214. The van der Waals surface area contributed by atoms with Gasteiger partial charge in [-0.25, -0.2) is 0 Å². The first kappa shape index (κ1) is 13.3. The van der Waals surface area contributed by atoms with Gasteiger partial charge in [-0.2, -0.15) is 0 Å². The molecule has 0 aliphatic rings. The topological polar surface area (TPSA) is 26.3 Å². The standard InChI is InChI=1S/C14H13BrO2S/c1-2-14(16)10-3-5-12(6-4-10)17-8-13-7-11(15)9-18-13/h3-7,9H,2,8H2,1H3. The zero-order valence-electron chi connectivity index (χ0n) is 9.98. The number of thiophene rings is 1. The maximum atomic E-state index is 11.5. The van der Waals surface area contributed by atoms with Gasteiger partial charge in [-0.15, -0.1) is 11.3 Å². The van der Waals surface area contributed by atoms with E-state index < -0.39 is 0 Å². The van der Waals surface area contributed by atoms with Gasteiger partial charge in [0.2, 0.25) is 0 Å². The molecule has 1 aromatic carbocycles. The van der Waals surface area contributed by atoms with Crippen LogP contribution in [0.25, 0.3) is 0 Å². The predicted octanol–water partition coefficient (Wildman–Crippen LogP) is 4.68. The van der Waals surface area contributed by atoms with Crippen LogP contribution in [0.15, 0.2) is 40.2 Å². The van der Waals surface area contributed by atoms with E-state index in [2.05, 4.69) is 15.9 Å². The number of carbonyl (C=O) groups is 1. The molecule has 0 spiro atoms. The Morgan fingerprint density at radius 3 is 2.61 bits per heavy atom. The molecule has 0 saturated heterocycles. The van der Waals surface area contributed by atoms with Crippen LogP contribution in [0.3, 0.4) is 0 Å². The van der Waals surface area contributed by atoms with Crippen molar-refractivity contribution in [2.24, 2.45) is 0 Å². The lowest BCUT2D eigenvalue weighted by Gasteiger charge is -2.05. The molecular formula is C14H13BrO2S. The predicted molar refractivity (Wildman–Crippen MR) is 77.4 cm³/mol. The van der Waals surface area contributed by atoms with E-state index in [0.29, 0.717) is 13.0 Å². The second-order valence-electron chi connectivity index (χ2n) is 3.82. The first-order valence-electron chi connectivity index (χ1n) is 5.68. The maximum absolute atomic E-state index is 11.5. The first-order chi connectivity index (χ1) is 8.69. The normalized spacial score (nSPS) is 10.3. The SMILES string of the molecule is CCC(=O)c1ccc(OCc2cc(Br)cs2)cc1. The molecule has 0 aliphatic heterocycles. The molecule has 0 radical (unpaired) electrons. The lowest BCUT2D eigenvalue weighted by atomic mass is 10.1. The van der Waals surface area contributed by atoms with Crippen molar-refractivity contribution in [3.63, 3.8) is 0 Å². The summed E-state index contributed by atoms with van der Waals surface area (Å²) in [7, 11) is 0. The molecule has 0 bridgehead atoms. The number of hydrogen-bond donors (Lipinski definition) is 0. The summed E-state index contributed by atoms with van der Waals surface area (Å²) in [5.41, 5.74) is 0.740. The summed E-state index contributed by atoms with van der Waals surface area (Å²) < 4.78 is 6.73. The molecule has 2 rings (SSSR count). The van der Waals surface area contributed by atoms with Crippen LogP contribution >= 0.6 is 27.3 Å². The first-order valence-corrected chi connectivity index (χ1v) is 7.35. The molecule has 94 valence electrons. The van der Waals surface area contributed by atoms with Gasteiger partial charge in [-0.05, 0) is 46.3 Å². The summed E-state index contributed by atoms with van der Waals surface area (Å²) in [5, 5.41) is 2.03. The molecule has 0 unspecified atom stereocenters. The van der Waals surface area contributed by atoms with E-state index in [1.807, 2.05) is 42.6 Å². The van der Waals surface area contributed by atoms with Crippen molar-refractivity contribution < 1.29 is 9.53 Å². The number of rotatable bonds is 5. The van der Waals surface area contributed by atoms with Crippen LogP contribution < -0.4 is 4.74 Å². The largest absolute Gasteiger partial charge is 0.488 e. The van der Waals surface area contributed by atoms with Gasteiger partial charge in [0.05, 0.1) is 0 Å². The smallest absolute Gasteiger partial charge is 0.162 e. The van der Waals surface area contributed by atoms with Crippen LogP contribution in [0, 0.1) is 0 Å². The molecule has 0 N–H and O–H groups in total. The fourth-order valence-electron chi connectivity index (χ4n) is 1.53. The molecule has 0 atom stereocenters. The van der Waals surface area contributed by atoms with Crippen molar-refractivity contribution in [2.45, 2.75) is 20.0 Å². The van der Waals surface area contributed by atoms with Gasteiger partial charge in [0, 0.05) is 26.7 Å². The Balaban J connectivity index is 1.96. The summed E-state index contributed by atoms with van der Waals surface area (Å²) in [6, 6.07) is 9.34. The Bertz CT molecular complexity index is 531. The van der Waals surface area contributed by atoms with Gasteiger partial charge in [0.1, 0.15) is 12.4 Å². The number of halogens is 1. The highest BCUT2D eigenvalue weighted by atomic mass is 79.9.